The fourth-order valence-electron chi connectivity index (χ4n) is 1.58. The van der Waals surface area contributed by atoms with E-state index in [0.717, 1.165) is 5.56 Å². The second-order valence-corrected chi connectivity index (χ2v) is 3.75. The molecule has 0 aromatic carbocycles. The summed E-state index contributed by atoms with van der Waals surface area (Å²) in [7, 11) is 1.36. The first-order chi connectivity index (χ1) is 8.19. The third-order valence-corrected chi connectivity index (χ3v) is 2.59. The minimum atomic E-state index is -0.382. The zero-order valence-corrected chi connectivity index (χ0v) is 10.2. The van der Waals surface area contributed by atoms with E-state index < -0.39 is 0 Å². The summed E-state index contributed by atoms with van der Waals surface area (Å²) in [5.41, 5.74) is 0.997. The Hall–Kier alpha value is -1.46. The average Bonchev–Trinajstić information content (AvgIpc) is 2.37. The van der Waals surface area contributed by atoms with Gasteiger partial charge in [0.2, 0.25) is 0 Å². The third kappa shape index (κ3) is 4.13. The number of rotatable bonds is 6. The van der Waals surface area contributed by atoms with Crippen LogP contribution in [0.5, 0.6) is 0 Å². The van der Waals surface area contributed by atoms with E-state index in [1.165, 1.54) is 7.11 Å². The molecule has 1 N–H and O–H groups in total. The fourth-order valence-corrected chi connectivity index (χ4v) is 1.58. The molecule has 0 aliphatic heterocycles. The van der Waals surface area contributed by atoms with Crippen LogP contribution in [0.3, 0.4) is 0 Å². The molecular formula is C12H18N2O3. The molecule has 1 unspecified atom stereocenters. The van der Waals surface area contributed by atoms with Crippen molar-refractivity contribution < 1.29 is 14.6 Å². The van der Waals surface area contributed by atoms with Crippen molar-refractivity contribution in [2.45, 2.75) is 19.5 Å². The average molecular weight is 238 g/mol. The third-order valence-electron chi connectivity index (χ3n) is 2.59. The van der Waals surface area contributed by atoms with Crippen molar-refractivity contribution in [3.63, 3.8) is 0 Å². The van der Waals surface area contributed by atoms with Gasteiger partial charge in [-0.3, -0.25) is 14.7 Å². The Morgan fingerprint density at radius 2 is 2.41 bits per heavy atom. The summed E-state index contributed by atoms with van der Waals surface area (Å²) in [6, 6.07) is 3.39. The van der Waals surface area contributed by atoms with E-state index in [2.05, 4.69) is 4.98 Å². The highest BCUT2D eigenvalue weighted by atomic mass is 16.5. The highest BCUT2D eigenvalue weighted by Gasteiger charge is 2.21. The van der Waals surface area contributed by atoms with Crippen LogP contribution in [0, 0.1) is 0 Å². The summed E-state index contributed by atoms with van der Waals surface area (Å²) in [6.07, 6.45) is 3.44. The van der Waals surface area contributed by atoms with Crippen molar-refractivity contribution in [1.82, 2.24) is 9.88 Å². The van der Waals surface area contributed by atoms with E-state index in [0.29, 0.717) is 13.1 Å². The Balaban J connectivity index is 2.69. The second kappa shape index (κ2) is 6.98. The summed E-state index contributed by atoms with van der Waals surface area (Å²) in [6.45, 7) is 2.75. The first-order valence-electron chi connectivity index (χ1n) is 5.50. The van der Waals surface area contributed by atoms with Crippen molar-refractivity contribution in [2.24, 2.45) is 0 Å². The highest BCUT2D eigenvalue weighted by Crippen LogP contribution is 2.08. The Bertz CT molecular complexity index is 343. The van der Waals surface area contributed by atoms with Gasteiger partial charge >= 0.3 is 5.97 Å². The van der Waals surface area contributed by atoms with Gasteiger partial charge in [0.05, 0.1) is 13.7 Å². The van der Waals surface area contributed by atoms with Gasteiger partial charge in [-0.25, -0.2) is 0 Å². The highest BCUT2D eigenvalue weighted by molar-refractivity contribution is 5.75. The molecular weight excluding hydrogens is 220 g/mol. The molecule has 0 amide bonds. The number of esters is 1. The van der Waals surface area contributed by atoms with Gasteiger partial charge in [-0.05, 0) is 18.6 Å². The van der Waals surface area contributed by atoms with Crippen LogP contribution in [-0.4, -0.2) is 47.3 Å². The summed E-state index contributed by atoms with van der Waals surface area (Å²) in [5, 5.41) is 9.01. The van der Waals surface area contributed by atoms with Crippen LogP contribution in [0.15, 0.2) is 24.5 Å². The molecule has 0 aliphatic rings. The van der Waals surface area contributed by atoms with Gasteiger partial charge in [-0.2, -0.15) is 0 Å². The summed E-state index contributed by atoms with van der Waals surface area (Å²) < 4.78 is 4.70. The van der Waals surface area contributed by atoms with Crippen molar-refractivity contribution in [3.8, 4) is 0 Å². The maximum absolute atomic E-state index is 11.5. The van der Waals surface area contributed by atoms with Crippen LogP contribution in [0.25, 0.3) is 0 Å². The molecule has 0 radical (unpaired) electrons. The predicted octanol–water partition coefficient (Wildman–Crippen LogP) is 0.437. The largest absolute Gasteiger partial charge is 0.468 e. The number of aliphatic hydroxyl groups excluding tert-OH is 1. The van der Waals surface area contributed by atoms with Gasteiger partial charge in [0, 0.05) is 25.5 Å². The number of carbonyl (C=O) groups excluding carboxylic acids is 1. The minimum absolute atomic E-state index is 0.00158. The van der Waals surface area contributed by atoms with Crippen molar-refractivity contribution >= 4 is 5.97 Å². The number of methoxy groups -OCH3 is 1. The number of aliphatic hydroxyl groups is 1. The van der Waals surface area contributed by atoms with Crippen LogP contribution in [0.4, 0.5) is 0 Å². The lowest BCUT2D eigenvalue weighted by atomic mass is 10.2. The molecule has 1 rings (SSSR count). The maximum Gasteiger partial charge on any atom is 0.322 e. The van der Waals surface area contributed by atoms with Crippen molar-refractivity contribution in [2.75, 3.05) is 20.3 Å². The van der Waals surface area contributed by atoms with E-state index in [4.69, 9.17) is 9.84 Å². The number of pyridine rings is 1. The van der Waals surface area contributed by atoms with E-state index >= 15 is 0 Å². The Morgan fingerprint density at radius 3 is 2.94 bits per heavy atom. The fraction of sp³-hybridized carbons (Fsp3) is 0.500. The van der Waals surface area contributed by atoms with Crippen LogP contribution in [-0.2, 0) is 16.1 Å². The Morgan fingerprint density at radius 1 is 1.65 bits per heavy atom. The first kappa shape index (κ1) is 13.6. The smallest absolute Gasteiger partial charge is 0.322 e. The van der Waals surface area contributed by atoms with Crippen LogP contribution in [0.2, 0.25) is 0 Å². The van der Waals surface area contributed by atoms with Gasteiger partial charge in [-0.1, -0.05) is 6.07 Å². The van der Waals surface area contributed by atoms with Crippen molar-refractivity contribution in [1.29, 1.82) is 0 Å². The maximum atomic E-state index is 11.5. The minimum Gasteiger partial charge on any atom is -0.468 e. The number of carbonyl (C=O) groups is 1. The molecule has 5 heteroatoms. The molecule has 94 valence electrons. The Kier molecular flexibility index (Phi) is 5.59. The molecule has 1 aromatic rings. The lowest BCUT2D eigenvalue weighted by molar-refractivity contribution is -0.146. The monoisotopic (exact) mass is 238 g/mol. The number of hydrogen-bond acceptors (Lipinski definition) is 5. The van der Waals surface area contributed by atoms with E-state index in [1.807, 2.05) is 17.0 Å². The van der Waals surface area contributed by atoms with Gasteiger partial charge in [-0.15, -0.1) is 0 Å². The number of ether oxygens (including phenoxy) is 1. The zero-order valence-electron chi connectivity index (χ0n) is 10.2. The van der Waals surface area contributed by atoms with Crippen LogP contribution in [0.1, 0.15) is 12.5 Å². The summed E-state index contributed by atoms with van der Waals surface area (Å²) >= 11 is 0. The molecule has 0 aliphatic carbocycles. The molecule has 1 aromatic heterocycles. The molecule has 1 atom stereocenters. The lowest BCUT2D eigenvalue weighted by Crippen LogP contribution is -2.40. The van der Waals surface area contributed by atoms with E-state index in [9.17, 15) is 4.79 Å². The SMILES string of the molecule is COC(=O)C(C)N(CCO)Cc1cccnc1. The van der Waals surface area contributed by atoms with Gasteiger partial charge < -0.3 is 9.84 Å². The summed E-state index contributed by atoms with van der Waals surface area (Å²) in [4.78, 5) is 17.3. The molecule has 0 spiro atoms. The second-order valence-electron chi connectivity index (χ2n) is 3.75. The zero-order chi connectivity index (χ0) is 12.7. The normalized spacial score (nSPS) is 12.5. The molecule has 5 nitrogen and oxygen atoms in total. The summed E-state index contributed by atoms with van der Waals surface area (Å²) in [5.74, 6) is -0.303. The number of nitrogens with zero attached hydrogens (tertiary/aromatic N) is 2. The van der Waals surface area contributed by atoms with Gasteiger partial charge in [0.1, 0.15) is 6.04 Å². The van der Waals surface area contributed by atoms with E-state index in [1.54, 1.807) is 19.3 Å². The lowest BCUT2D eigenvalue weighted by Gasteiger charge is -2.26. The number of aromatic nitrogens is 1. The standard InChI is InChI=1S/C12H18N2O3/c1-10(12(16)17-2)14(6-7-15)9-11-4-3-5-13-8-11/h3-5,8,10,15H,6-7,9H2,1-2H3. The Labute approximate surface area is 101 Å². The quantitative estimate of drug-likeness (QED) is 0.728. The predicted molar refractivity (Wildman–Crippen MR) is 63.2 cm³/mol. The molecule has 0 saturated heterocycles. The van der Waals surface area contributed by atoms with Crippen LogP contribution < -0.4 is 0 Å². The molecule has 0 saturated carbocycles. The topological polar surface area (TPSA) is 62.7 Å². The first-order valence-corrected chi connectivity index (χ1v) is 5.50. The molecule has 0 fully saturated rings. The van der Waals surface area contributed by atoms with Crippen LogP contribution >= 0.6 is 0 Å². The molecule has 0 bridgehead atoms. The molecule has 1 heterocycles. The van der Waals surface area contributed by atoms with Crippen molar-refractivity contribution in [3.05, 3.63) is 30.1 Å². The van der Waals surface area contributed by atoms with Gasteiger partial charge in [0.25, 0.3) is 0 Å². The van der Waals surface area contributed by atoms with E-state index in [-0.39, 0.29) is 18.6 Å². The number of hydrogen-bond donors (Lipinski definition) is 1. The molecule has 17 heavy (non-hydrogen) atoms. The van der Waals surface area contributed by atoms with Gasteiger partial charge in [0.15, 0.2) is 0 Å².